The maximum Gasteiger partial charge on any atom is 0.397 e. The Morgan fingerprint density at radius 1 is 0.543 bits per heavy atom. The van der Waals surface area contributed by atoms with Crippen LogP contribution in [0.4, 0.5) is 0 Å². The number of benzene rings is 3. The van der Waals surface area contributed by atoms with Gasteiger partial charge in [0.15, 0.2) is 24.6 Å². The maximum atomic E-state index is 14.0. The highest BCUT2D eigenvalue weighted by Crippen LogP contribution is 2.32. The Hall–Kier alpha value is -5.06. The predicted octanol–water partition coefficient (Wildman–Crippen LogP) is 12.6. The van der Waals surface area contributed by atoms with E-state index >= 15 is 0 Å². The van der Waals surface area contributed by atoms with Crippen molar-refractivity contribution in [3.05, 3.63) is 120 Å². The van der Waals surface area contributed by atoms with Gasteiger partial charge in [-0.05, 0) is 61.7 Å². The second-order valence-electron chi connectivity index (χ2n) is 20.7. The first-order valence-electron chi connectivity index (χ1n) is 29.4. The molecule has 18 nitrogen and oxygen atoms in total. The quantitative estimate of drug-likeness (QED) is 0.0156. The van der Waals surface area contributed by atoms with Gasteiger partial charge in [-0.25, -0.2) is 22.7 Å². The van der Waals surface area contributed by atoms with Crippen LogP contribution in [0.5, 0.6) is 0 Å². The fourth-order valence-corrected chi connectivity index (χ4v) is 10.3. The summed E-state index contributed by atoms with van der Waals surface area (Å²) in [6.07, 6.45) is 19.6. The van der Waals surface area contributed by atoms with E-state index in [2.05, 4.69) is 19.2 Å². The van der Waals surface area contributed by atoms with E-state index in [0.717, 1.165) is 57.8 Å². The minimum Gasteiger partial charge on any atom is -0.452 e. The first-order valence-corrected chi connectivity index (χ1v) is 32.1. The lowest BCUT2D eigenvalue weighted by molar-refractivity contribution is -0.294. The van der Waals surface area contributed by atoms with Gasteiger partial charge in [-0.3, -0.25) is 13.9 Å². The van der Waals surface area contributed by atoms with Crippen LogP contribution in [-0.4, -0.2) is 106 Å². The number of carbonyl (C=O) groups is 4. The van der Waals surface area contributed by atoms with Crippen molar-refractivity contribution in [2.45, 2.75) is 224 Å². The molecule has 1 saturated heterocycles. The molecule has 0 spiro atoms. The van der Waals surface area contributed by atoms with Crippen LogP contribution in [0, 0.1) is 0 Å². The van der Waals surface area contributed by atoms with Gasteiger partial charge < -0.3 is 29.0 Å². The zero-order valence-corrected chi connectivity index (χ0v) is 49.1. The normalized spacial score (nSPS) is 18.2. The summed E-state index contributed by atoms with van der Waals surface area (Å²) >= 11 is 0. The van der Waals surface area contributed by atoms with E-state index in [9.17, 15) is 45.1 Å². The van der Waals surface area contributed by atoms with E-state index in [0.29, 0.717) is 12.8 Å². The molecule has 4 rings (SSSR count). The van der Waals surface area contributed by atoms with Crippen LogP contribution in [0.25, 0.3) is 0 Å². The van der Waals surface area contributed by atoms with Crippen LogP contribution in [0.1, 0.15) is 212 Å². The van der Waals surface area contributed by atoms with Crippen molar-refractivity contribution in [3.8, 4) is 0 Å². The van der Waals surface area contributed by atoms with Crippen LogP contribution in [-0.2, 0) is 57.6 Å². The highest BCUT2D eigenvalue weighted by Gasteiger charge is 2.54. The Bertz CT molecular complexity index is 2480. The third-order valence-corrected chi connectivity index (χ3v) is 14.9. The molecule has 452 valence electrons. The van der Waals surface area contributed by atoms with Gasteiger partial charge in [-0.2, -0.15) is 16.8 Å². The first-order chi connectivity index (χ1) is 39.1. The van der Waals surface area contributed by atoms with Gasteiger partial charge in [0.2, 0.25) is 5.91 Å². The Morgan fingerprint density at radius 2 is 0.963 bits per heavy atom. The number of esters is 3. The smallest absolute Gasteiger partial charge is 0.397 e. The number of unbranched alkanes of at least 4 members (excludes halogenated alkanes) is 23. The topological polar surface area (TPSA) is 254 Å². The molecular weight excluding hydrogens is 1080 g/mol. The molecule has 7 atom stereocenters. The molecular formula is C61H89NO17S2. The molecule has 1 heterocycles. The van der Waals surface area contributed by atoms with Crippen molar-refractivity contribution in [3.63, 3.8) is 0 Å². The summed E-state index contributed by atoms with van der Waals surface area (Å²) in [5, 5.41) is 2.94. The number of hydrogen-bond acceptors (Lipinski definition) is 15. The maximum absolute atomic E-state index is 14.0. The number of allylic oxidation sites excluding steroid dienone is 1. The van der Waals surface area contributed by atoms with Crippen molar-refractivity contribution in [2.24, 2.45) is 0 Å². The Balaban J connectivity index is 1.65. The van der Waals surface area contributed by atoms with E-state index in [-0.39, 0.29) is 23.1 Å². The molecule has 1 aliphatic heterocycles. The molecule has 0 saturated carbocycles. The molecule has 3 aromatic carbocycles. The van der Waals surface area contributed by atoms with Crippen LogP contribution < -0.4 is 5.32 Å². The van der Waals surface area contributed by atoms with E-state index in [1.807, 2.05) is 6.08 Å². The fraction of sp³-hybridized carbons (Fsp3) is 0.607. The average molecular weight is 1170 g/mol. The minimum atomic E-state index is -5.54. The zero-order chi connectivity index (χ0) is 58.6. The van der Waals surface area contributed by atoms with Gasteiger partial charge in [-0.15, -0.1) is 0 Å². The number of hydrogen-bond donors (Lipinski definition) is 3. The molecule has 1 aliphatic rings. The molecule has 0 bridgehead atoms. The molecule has 0 aromatic heterocycles. The lowest BCUT2D eigenvalue weighted by Crippen LogP contribution is -2.63. The van der Waals surface area contributed by atoms with Gasteiger partial charge in [0, 0.05) is 6.42 Å². The monoisotopic (exact) mass is 1170 g/mol. The number of rotatable bonds is 43. The van der Waals surface area contributed by atoms with Gasteiger partial charge >= 0.3 is 38.7 Å². The summed E-state index contributed by atoms with van der Waals surface area (Å²) in [5.74, 6) is -3.37. The van der Waals surface area contributed by atoms with E-state index < -0.39 is 101 Å². The second kappa shape index (κ2) is 39.4. The molecule has 3 aromatic rings. The number of amides is 1. The minimum absolute atomic E-state index is 0.0456. The first kappa shape index (κ1) is 68.4. The van der Waals surface area contributed by atoms with E-state index in [1.54, 1.807) is 48.5 Å². The predicted molar refractivity (Wildman–Crippen MR) is 308 cm³/mol. The number of nitrogens with one attached hydrogen (secondary N) is 1. The van der Waals surface area contributed by atoms with Crippen LogP contribution >= 0.6 is 0 Å². The third-order valence-electron chi connectivity index (χ3n) is 14.0. The zero-order valence-electron chi connectivity index (χ0n) is 47.5. The average Bonchev–Trinajstić information content (AvgIpc) is 3.54. The van der Waals surface area contributed by atoms with E-state index in [1.165, 1.54) is 138 Å². The summed E-state index contributed by atoms with van der Waals surface area (Å²) in [5.41, 5.74) is 0.0910. The Morgan fingerprint density at radius 3 is 1.41 bits per heavy atom. The van der Waals surface area contributed by atoms with Crippen molar-refractivity contribution < 1.29 is 77.2 Å². The lowest BCUT2D eigenvalue weighted by atomic mass is 9.98. The summed E-state index contributed by atoms with van der Waals surface area (Å²) < 4.78 is 110. The van der Waals surface area contributed by atoms with Gasteiger partial charge in [-0.1, -0.05) is 216 Å². The highest BCUT2D eigenvalue weighted by molar-refractivity contribution is 7.81. The highest BCUT2D eigenvalue weighted by atomic mass is 32.3. The SMILES string of the molecule is CCCCCCCCCCCCC/C=C/[C@@H](OC(=O)c1ccccc1)[C@H](CO[C@H]1O[C@H](COS(=O)(=O)O)[C@@H](OC(=O)c2ccccc2)[C@H](OC(=O)c2ccccc2)[C@@H]1OS(=O)(=O)O)NC(=O)CCCCCCCCCCCCCCC. The largest absolute Gasteiger partial charge is 0.452 e. The van der Waals surface area contributed by atoms with Crippen LogP contribution in [0.15, 0.2) is 103 Å². The summed E-state index contributed by atoms with van der Waals surface area (Å²) in [6, 6.07) is 21.7. The van der Waals surface area contributed by atoms with Crippen molar-refractivity contribution >= 4 is 44.6 Å². The number of carbonyl (C=O) groups excluding carboxylic acids is 4. The second-order valence-corrected chi connectivity index (χ2v) is 22.8. The molecule has 81 heavy (non-hydrogen) atoms. The summed E-state index contributed by atoms with van der Waals surface area (Å²) in [4.78, 5) is 55.5. The summed E-state index contributed by atoms with van der Waals surface area (Å²) in [7, 11) is -10.8. The summed E-state index contributed by atoms with van der Waals surface area (Å²) in [6.45, 7) is 2.63. The Labute approximate surface area is 481 Å². The molecule has 0 aliphatic carbocycles. The molecule has 1 amide bonds. The lowest BCUT2D eigenvalue weighted by Gasteiger charge is -2.44. The van der Waals surface area contributed by atoms with Gasteiger partial charge in [0.1, 0.15) is 12.2 Å². The third kappa shape index (κ3) is 29.2. The van der Waals surface area contributed by atoms with E-state index in [4.69, 9.17) is 32.1 Å². The molecule has 20 heteroatoms. The van der Waals surface area contributed by atoms with Gasteiger partial charge in [0.05, 0.1) is 35.9 Å². The van der Waals surface area contributed by atoms with Crippen LogP contribution in [0.2, 0.25) is 0 Å². The number of ether oxygens (including phenoxy) is 5. The van der Waals surface area contributed by atoms with Crippen molar-refractivity contribution in [2.75, 3.05) is 13.2 Å². The molecule has 1 fully saturated rings. The van der Waals surface area contributed by atoms with Crippen molar-refractivity contribution in [1.29, 1.82) is 0 Å². The van der Waals surface area contributed by atoms with Gasteiger partial charge in [0.25, 0.3) is 0 Å². The molecule has 0 unspecified atom stereocenters. The Kier molecular flexibility index (Phi) is 33.3. The fourth-order valence-electron chi connectivity index (χ4n) is 9.53. The molecule has 0 radical (unpaired) electrons. The van der Waals surface area contributed by atoms with Crippen molar-refractivity contribution in [1.82, 2.24) is 5.32 Å². The molecule has 3 N–H and O–H groups in total. The van der Waals surface area contributed by atoms with Crippen LogP contribution in [0.3, 0.4) is 0 Å². The standard InChI is InChI=1S/C61H89NO17S2/c1-3-5-7-9-11-13-15-17-19-21-23-25-36-44-52(75-58(64)48-38-30-27-31-39-48)51(62-54(63)45-37-26-24-22-20-18-16-14-12-10-8-6-4-2)46-73-61-57(79-81(70,71)72)56(78-60(66)50-42-34-29-35-43-50)55(53(76-61)47-74-80(67,68)69)77-59(65)49-40-32-28-33-41-49/h27-36,38-44,51-53,55-57,61H,3-26,37,45-47H2,1-2H3,(H,62,63)(H,67,68,69)(H,70,71,72)/b44-36+/t51-,52+,53+,55+,56-,57-,61-/m0/s1.